The van der Waals surface area contributed by atoms with Crippen LogP contribution in [0.25, 0.3) is 0 Å². The van der Waals surface area contributed by atoms with Crippen LogP contribution in [0.3, 0.4) is 0 Å². The van der Waals surface area contributed by atoms with E-state index in [0.29, 0.717) is 17.9 Å². The molecule has 0 bridgehead atoms. The fourth-order valence-electron chi connectivity index (χ4n) is 3.56. The first kappa shape index (κ1) is 19.4. The zero-order valence-electron chi connectivity index (χ0n) is 14.8. The fraction of sp³-hybridized carbons (Fsp3) is 0.474. The molecule has 1 saturated heterocycles. The normalized spacial score (nSPS) is 21.7. The summed E-state index contributed by atoms with van der Waals surface area (Å²) in [5, 5.41) is 3.22. The third-order valence-corrected chi connectivity index (χ3v) is 5.24. The standard InChI is InChI=1S/C19H21ClN2O5/c20-13-7-5-12(6-8-13)9-21-16(23)11-27-17(24)10-22-18(25)14-3-1-2-4-15(14)19(22)26/h5-8,14-15H,1-4,9-11H2,(H,21,23)/t14-,15-/m0/s1. The van der Waals surface area contributed by atoms with Crippen LogP contribution in [0, 0.1) is 11.8 Å². The summed E-state index contributed by atoms with van der Waals surface area (Å²) in [6.45, 7) is -0.620. The molecule has 7 nitrogen and oxygen atoms in total. The van der Waals surface area contributed by atoms with Crippen LogP contribution in [-0.2, 0) is 30.5 Å². The van der Waals surface area contributed by atoms with Crippen molar-refractivity contribution in [3.05, 3.63) is 34.9 Å². The highest BCUT2D eigenvalue weighted by Gasteiger charge is 2.48. The van der Waals surface area contributed by atoms with Crippen LogP contribution in [0.4, 0.5) is 0 Å². The molecule has 0 radical (unpaired) electrons. The smallest absolute Gasteiger partial charge is 0.326 e. The molecule has 2 aliphatic rings. The summed E-state index contributed by atoms with van der Waals surface area (Å²) >= 11 is 5.79. The Balaban J connectivity index is 1.42. The number of nitrogens with one attached hydrogen (secondary N) is 1. The molecular formula is C19H21ClN2O5. The lowest BCUT2D eigenvalue weighted by molar-refractivity contribution is -0.154. The lowest BCUT2D eigenvalue weighted by Crippen LogP contribution is -2.38. The van der Waals surface area contributed by atoms with Crippen molar-refractivity contribution in [1.29, 1.82) is 0 Å². The molecule has 8 heteroatoms. The highest BCUT2D eigenvalue weighted by molar-refractivity contribution is 6.30. The number of hydrogen-bond acceptors (Lipinski definition) is 5. The summed E-state index contributed by atoms with van der Waals surface area (Å²) in [6, 6.07) is 6.98. The minimum Gasteiger partial charge on any atom is -0.454 e. The molecule has 3 rings (SSSR count). The van der Waals surface area contributed by atoms with Gasteiger partial charge in [0.15, 0.2) is 6.61 Å². The molecule has 0 aromatic heterocycles. The van der Waals surface area contributed by atoms with E-state index in [0.717, 1.165) is 23.3 Å². The van der Waals surface area contributed by atoms with Crippen molar-refractivity contribution in [2.75, 3.05) is 13.2 Å². The largest absolute Gasteiger partial charge is 0.454 e. The Hall–Kier alpha value is -2.41. The van der Waals surface area contributed by atoms with Gasteiger partial charge in [-0.15, -0.1) is 0 Å². The van der Waals surface area contributed by atoms with Crippen molar-refractivity contribution in [2.45, 2.75) is 32.2 Å². The maximum atomic E-state index is 12.3. The number of nitrogens with zero attached hydrogens (tertiary/aromatic N) is 1. The maximum absolute atomic E-state index is 12.3. The van der Waals surface area contributed by atoms with E-state index < -0.39 is 25.0 Å². The topological polar surface area (TPSA) is 92.8 Å². The summed E-state index contributed by atoms with van der Waals surface area (Å²) in [5.74, 6) is -2.44. The Bertz CT molecular complexity index is 725. The van der Waals surface area contributed by atoms with Gasteiger partial charge in [-0.3, -0.25) is 24.1 Å². The average Bonchev–Trinajstić information content (AvgIpc) is 2.91. The predicted molar refractivity (Wildman–Crippen MR) is 96.4 cm³/mol. The fourth-order valence-corrected chi connectivity index (χ4v) is 3.69. The SMILES string of the molecule is O=C(COC(=O)CN1C(=O)[C@H]2CCCC[C@@H]2C1=O)NCc1ccc(Cl)cc1. The molecule has 1 heterocycles. The number of amides is 3. The molecule has 1 aromatic carbocycles. The lowest BCUT2D eigenvalue weighted by atomic mass is 9.81. The van der Waals surface area contributed by atoms with E-state index in [1.165, 1.54) is 0 Å². The van der Waals surface area contributed by atoms with Crippen molar-refractivity contribution in [1.82, 2.24) is 10.2 Å². The van der Waals surface area contributed by atoms with E-state index in [1.807, 2.05) is 0 Å². The van der Waals surface area contributed by atoms with E-state index >= 15 is 0 Å². The first-order valence-corrected chi connectivity index (χ1v) is 9.35. The second-order valence-electron chi connectivity index (χ2n) is 6.82. The first-order valence-electron chi connectivity index (χ1n) is 8.97. The minimum absolute atomic E-state index is 0.278. The number of fused-ring (bicyclic) bond motifs is 1. The van der Waals surface area contributed by atoms with Crippen molar-refractivity contribution >= 4 is 35.3 Å². The Labute approximate surface area is 162 Å². The van der Waals surface area contributed by atoms with E-state index in [-0.39, 0.29) is 30.2 Å². The Kier molecular flexibility index (Phi) is 6.11. The number of hydrogen-bond donors (Lipinski definition) is 1. The number of esters is 1. The van der Waals surface area contributed by atoms with Gasteiger partial charge in [-0.1, -0.05) is 36.6 Å². The number of carbonyl (C=O) groups excluding carboxylic acids is 4. The minimum atomic E-state index is -0.767. The maximum Gasteiger partial charge on any atom is 0.326 e. The van der Waals surface area contributed by atoms with Gasteiger partial charge in [0.25, 0.3) is 5.91 Å². The van der Waals surface area contributed by atoms with Crippen LogP contribution < -0.4 is 5.32 Å². The number of rotatable bonds is 6. The molecule has 1 aliphatic heterocycles. The molecule has 1 aliphatic carbocycles. The van der Waals surface area contributed by atoms with Crippen molar-refractivity contribution in [3.63, 3.8) is 0 Å². The van der Waals surface area contributed by atoms with E-state index in [9.17, 15) is 19.2 Å². The molecule has 0 spiro atoms. The van der Waals surface area contributed by atoms with Gasteiger partial charge in [0, 0.05) is 11.6 Å². The zero-order valence-corrected chi connectivity index (χ0v) is 15.5. The molecular weight excluding hydrogens is 372 g/mol. The van der Waals surface area contributed by atoms with Gasteiger partial charge in [-0.2, -0.15) is 0 Å². The Morgan fingerprint density at radius 1 is 1.07 bits per heavy atom. The van der Waals surface area contributed by atoms with Crippen LogP contribution in [-0.4, -0.2) is 41.7 Å². The number of halogens is 1. The summed E-state index contributed by atoms with van der Waals surface area (Å²) in [5.41, 5.74) is 0.856. The van der Waals surface area contributed by atoms with Gasteiger partial charge in [0.1, 0.15) is 6.54 Å². The highest BCUT2D eigenvalue weighted by Crippen LogP contribution is 2.37. The second kappa shape index (κ2) is 8.52. The zero-order chi connectivity index (χ0) is 19.4. The Morgan fingerprint density at radius 2 is 1.67 bits per heavy atom. The van der Waals surface area contributed by atoms with Crippen molar-refractivity contribution in [3.8, 4) is 0 Å². The molecule has 1 aromatic rings. The monoisotopic (exact) mass is 392 g/mol. The number of imide groups is 1. The number of benzene rings is 1. The van der Waals surface area contributed by atoms with Gasteiger partial charge in [0.05, 0.1) is 11.8 Å². The second-order valence-corrected chi connectivity index (χ2v) is 7.26. The summed E-state index contributed by atoms with van der Waals surface area (Å²) in [4.78, 5) is 49.4. The third-order valence-electron chi connectivity index (χ3n) is 4.99. The van der Waals surface area contributed by atoms with Gasteiger partial charge in [-0.05, 0) is 30.5 Å². The summed E-state index contributed by atoms with van der Waals surface area (Å²) < 4.78 is 4.91. The van der Waals surface area contributed by atoms with Crippen LogP contribution in [0.2, 0.25) is 5.02 Å². The van der Waals surface area contributed by atoms with Gasteiger partial charge >= 0.3 is 5.97 Å². The van der Waals surface area contributed by atoms with Crippen molar-refractivity contribution in [2.24, 2.45) is 11.8 Å². The molecule has 27 heavy (non-hydrogen) atoms. The van der Waals surface area contributed by atoms with E-state index in [2.05, 4.69) is 5.32 Å². The number of carbonyl (C=O) groups is 4. The van der Waals surface area contributed by atoms with Crippen LogP contribution >= 0.6 is 11.6 Å². The van der Waals surface area contributed by atoms with Crippen molar-refractivity contribution < 1.29 is 23.9 Å². The van der Waals surface area contributed by atoms with E-state index in [4.69, 9.17) is 16.3 Å². The first-order chi connectivity index (χ1) is 13.0. The quantitative estimate of drug-likeness (QED) is 0.587. The number of ether oxygens (including phenoxy) is 1. The molecule has 2 atom stereocenters. The van der Waals surface area contributed by atoms with Gasteiger partial charge in [-0.25, -0.2) is 0 Å². The van der Waals surface area contributed by atoms with Crippen LogP contribution in [0.15, 0.2) is 24.3 Å². The van der Waals surface area contributed by atoms with Gasteiger partial charge in [0.2, 0.25) is 11.8 Å². The highest BCUT2D eigenvalue weighted by atomic mass is 35.5. The molecule has 2 fully saturated rings. The Morgan fingerprint density at radius 3 is 2.26 bits per heavy atom. The molecule has 1 N–H and O–H groups in total. The van der Waals surface area contributed by atoms with E-state index in [1.54, 1.807) is 24.3 Å². The predicted octanol–water partition coefficient (Wildman–Crippen LogP) is 1.67. The molecule has 0 unspecified atom stereocenters. The third kappa shape index (κ3) is 4.66. The number of likely N-dealkylation sites (tertiary alicyclic amines) is 1. The van der Waals surface area contributed by atoms with Crippen LogP contribution in [0.1, 0.15) is 31.2 Å². The summed E-state index contributed by atoms with van der Waals surface area (Å²) in [7, 11) is 0. The molecule has 144 valence electrons. The molecule has 3 amide bonds. The summed E-state index contributed by atoms with van der Waals surface area (Å²) in [6.07, 6.45) is 3.22. The van der Waals surface area contributed by atoms with Gasteiger partial charge < -0.3 is 10.1 Å². The lowest BCUT2D eigenvalue weighted by Gasteiger charge is -2.19. The average molecular weight is 393 g/mol. The molecule has 1 saturated carbocycles. The van der Waals surface area contributed by atoms with Crippen LogP contribution in [0.5, 0.6) is 0 Å².